The molecule has 0 aromatic heterocycles. The minimum absolute atomic E-state index is 0.0742. The van der Waals surface area contributed by atoms with Crippen molar-refractivity contribution in [3.05, 3.63) is 58.1 Å². The van der Waals surface area contributed by atoms with E-state index in [0.717, 1.165) is 62.2 Å². The zero-order chi connectivity index (χ0) is 35.5. The number of carbonyl (C=O) groups excluding carboxylic acids is 1. The van der Waals surface area contributed by atoms with Gasteiger partial charge in [0.05, 0.1) is 36.8 Å². The smallest absolute Gasteiger partial charge is 0.264 e. The molecule has 51 heavy (non-hydrogen) atoms. The van der Waals surface area contributed by atoms with Crippen LogP contribution in [0.5, 0.6) is 5.75 Å². The van der Waals surface area contributed by atoms with E-state index in [1.807, 2.05) is 25.1 Å². The van der Waals surface area contributed by atoms with Crippen molar-refractivity contribution >= 4 is 33.2 Å². The Morgan fingerprint density at radius 3 is 2.51 bits per heavy atom. The summed E-state index contributed by atoms with van der Waals surface area (Å²) in [6.45, 7) is 7.58. The molecule has 1 spiro atoms. The molecular formula is C39H51ClFN3O6S. The maximum Gasteiger partial charge on any atom is 0.264 e. The molecule has 0 unspecified atom stereocenters. The van der Waals surface area contributed by atoms with Crippen LogP contribution < -0.4 is 14.4 Å². The van der Waals surface area contributed by atoms with Crippen molar-refractivity contribution < 1.29 is 31.8 Å². The lowest BCUT2D eigenvalue weighted by Gasteiger charge is -2.50. The Morgan fingerprint density at radius 2 is 1.76 bits per heavy atom. The van der Waals surface area contributed by atoms with Crippen LogP contribution >= 0.6 is 11.6 Å². The van der Waals surface area contributed by atoms with E-state index in [4.69, 9.17) is 25.8 Å². The molecule has 2 bridgehead atoms. The van der Waals surface area contributed by atoms with Crippen LogP contribution in [0.15, 0.2) is 36.4 Å². The van der Waals surface area contributed by atoms with E-state index in [9.17, 15) is 17.6 Å². The molecule has 2 aromatic rings. The number of alkyl halides is 1. The molecular weight excluding hydrogens is 693 g/mol. The Morgan fingerprint density at radius 1 is 0.961 bits per heavy atom. The molecule has 0 radical (unpaired) electrons. The number of amides is 1. The van der Waals surface area contributed by atoms with Crippen molar-refractivity contribution in [2.45, 2.75) is 94.4 Å². The molecule has 1 amide bonds. The molecule has 6 aliphatic rings. The van der Waals surface area contributed by atoms with E-state index < -0.39 is 27.4 Å². The van der Waals surface area contributed by atoms with Crippen LogP contribution in [0, 0.1) is 23.7 Å². The lowest BCUT2D eigenvalue weighted by molar-refractivity contribution is -0.249. The van der Waals surface area contributed by atoms with Crippen LogP contribution in [0.1, 0.15) is 80.3 Å². The summed E-state index contributed by atoms with van der Waals surface area (Å²) in [4.78, 5) is 18.1. The molecule has 2 aromatic carbocycles. The average molecular weight is 744 g/mol. The van der Waals surface area contributed by atoms with E-state index >= 15 is 0 Å². The minimum atomic E-state index is -3.93. The number of anilines is 1. The van der Waals surface area contributed by atoms with Gasteiger partial charge in [-0.2, -0.15) is 0 Å². The van der Waals surface area contributed by atoms with Gasteiger partial charge in [-0.1, -0.05) is 31.0 Å². The first-order valence-electron chi connectivity index (χ1n) is 19.0. The van der Waals surface area contributed by atoms with E-state index in [-0.39, 0.29) is 29.6 Å². The quantitative estimate of drug-likeness (QED) is 0.394. The first kappa shape index (κ1) is 35.6. The van der Waals surface area contributed by atoms with Crippen molar-refractivity contribution in [1.29, 1.82) is 0 Å². The average Bonchev–Trinajstić information content (AvgIpc) is 3.24. The van der Waals surface area contributed by atoms with Crippen LogP contribution in [-0.4, -0.2) is 89.0 Å². The Bertz CT molecular complexity index is 1730. The summed E-state index contributed by atoms with van der Waals surface area (Å²) in [5, 5.41) is -0.00953. The van der Waals surface area contributed by atoms with Crippen LogP contribution in [0.2, 0.25) is 5.02 Å². The summed E-state index contributed by atoms with van der Waals surface area (Å²) >= 11 is 6.47. The number of nitrogens with zero attached hydrogens (tertiary/aromatic N) is 2. The van der Waals surface area contributed by atoms with Crippen molar-refractivity contribution in [1.82, 2.24) is 9.62 Å². The fourth-order valence-electron chi connectivity index (χ4n) is 9.69. The second-order valence-corrected chi connectivity index (χ2v) is 18.8. The topological polar surface area (TPSA) is 97.4 Å². The fourth-order valence-corrected chi connectivity index (χ4v) is 11.2. The first-order chi connectivity index (χ1) is 24.5. The number of sulfonamides is 1. The second-order valence-electron chi connectivity index (χ2n) is 16.3. The highest BCUT2D eigenvalue weighted by molar-refractivity contribution is 7.90. The largest absolute Gasteiger partial charge is 0.490 e. The summed E-state index contributed by atoms with van der Waals surface area (Å²) in [6, 6.07) is 11.6. The van der Waals surface area contributed by atoms with E-state index in [1.54, 1.807) is 13.0 Å². The third-order valence-corrected chi connectivity index (χ3v) is 15.3. The molecule has 2 aliphatic carbocycles. The van der Waals surface area contributed by atoms with Gasteiger partial charge in [0.15, 0.2) is 6.29 Å². The highest BCUT2D eigenvalue weighted by atomic mass is 35.5. The zero-order valence-corrected chi connectivity index (χ0v) is 31.3. The van der Waals surface area contributed by atoms with Crippen LogP contribution in [0.3, 0.4) is 0 Å². The van der Waals surface area contributed by atoms with Crippen LogP contribution in [0.25, 0.3) is 0 Å². The standard InChI is InChI=1S/C39H51ClFN3O6S/c1-24-5-3-7-33(38-48-20-31(21-49-38)43-18-30(41)19-43)32-11-8-28(32)17-44-22-39(14-4-6-26-15-29(40)10-12-34(26)39)23-50-36-13-9-27(16-35(36)44)37(45)42-51(46,47)25(24)2/h9-10,12-13,15-16,24-25,28,30-33,38H,3-8,11,14,17-23H2,1-2H3,(H,42,45)/t24-,25+,28-,31-,32+,33+,38-,39-/m0/s1. The summed E-state index contributed by atoms with van der Waals surface area (Å²) < 4.78 is 62.7. The minimum Gasteiger partial charge on any atom is -0.490 e. The van der Waals surface area contributed by atoms with Gasteiger partial charge < -0.3 is 19.1 Å². The molecule has 4 heterocycles. The SMILES string of the molecule is C[C@@H]1[C@@H](C)CCC[C@@H]([C@H]2OC[C@H](N3CC(F)C3)CO2)[C@@H]2CC[C@H]2CN2C[C@@]3(CCCc4cc(Cl)ccc43)COc3ccc(cc32)C(=O)NS1(=O)=O. The molecule has 3 fully saturated rings. The number of benzene rings is 2. The van der Waals surface area contributed by atoms with Gasteiger partial charge in [0.1, 0.15) is 11.9 Å². The van der Waals surface area contributed by atoms with E-state index in [2.05, 4.69) is 26.7 Å². The normalized spacial score (nSPS) is 36.0. The number of hydrogen-bond donors (Lipinski definition) is 1. The molecule has 2 saturated heterocycles. The summed E-state index contributed by atoms with van der Waals surface area (Å²) in [6.07, 6.45) is 6.40. The third-order valence-electron chi connectivity index (χ3n) is 13.1. The van der Waals surface area contributed by atoms with Gasteiger partial charge in [-0.15, -0.1) is 0 Å². The van der Waals surface area contributed by atoms with Crippen LogP contribution in [0.4, 0.5) is 10.1 Å². The second kappa shape index (κ2) is 14.1. The summed E-state index contributed by atoms with van der Waals surface area (Å²) in [5.74, 6) is 0.826. The monoisotopic (exact) mass is 743 g/mol. The molecule has 278 valence electrons. The number of fused-ring (bicyclic) bond motifs is 4. The zero-order valence-electron chi connectivity index (χ0n) is 29.7. The summed E-state index contributed by atoms with van der Waals surface area (Å²) in [7, 11) is -3.93. The lowest BCUT2D eigenvalue weighted by atomic mass is 9.64. The van der Waals surface area contributed by atoms with Gasteiger partial charge in [-0.3, -0.25) is 9.69 Å². The van der Waals surface area contributed by atoms with Gasteiger partial charge >= 0.3 is 0 Å². The van der Waals surface area contributed by atoms with Crippen molar-refractivity contribution in [2.24, 2.45) is 23.7 Å². The Labute approximate surface area is 306 Å². The van der Waals surface area contributed by atoms with Gasteiger partial charge in [0, 0.05) is 48.1 Å². The molecule has 1 N–H and O–H groups in total. The number of hydrogen-bond acceptors (Lipinski definition) is 8. The molecule has 12 heteroatoms. The third kappa shape index (κ3) is 6.91. The maximum absolute atomic E-state index is 13.6. The number of ether oxygens (including phenoxy) is 3. The van der Waals surface area contributed by atoms with Crippen molar-refractivity contribution in [2.75, 3.05) is 50.9 Å². The first-order valence-corrected chi connectivity index (χ1v) is 20.9. The number of halogens is 2. The Kier molecular flexibility index (Phi) is 9.83. The lowest BCUT2D eigenvalue weighted by Crippen LogP contribution is -2.59. The van der Waals surface area contributed by atoms with Gasteiger partial charge in [-0.25, -0.2) is 17.5 Å². The molecule has 9 nitrogen and oxygen atoms in total. The molecule has 1 saturated carbocycles. The van der Waals surface area contributed by atoms with Gasteiger partial charge in [0.25, 0.3) is 5.91 Å². The molecule has 8 rings (SSSR count). The number of aryl methyl sites for hydroxylation is 1. The van der Waals surface area contributed by atoms with Crippen LogP contribution in [-0.2, 0) is 31.3 Å². The molecule has 4 aliphatic heterocycles. The number of nitrogens with one attached hydrogen (secondary N) is 1. The fraction of sp³-hybridized carbons (Fsp3) is 0.667. The van der Waals surface area contributed by atoms with Gasteiger partial charge in [0.2, 0.25) is 10.0 Å². The van der Waals surface area contributed by atoms with Crippen molar-refractivity contribution in [3.63, 3.8) is 0 Å². The number of carbonyl (C=O) groups is 1. The molecule has 6 atom stereocenters. The van der Waals surface area contributed by atoms with Crippen molar-refractivity contribution in [3.8, 4) is 5.75 Å². The van der Waals surface area contributed by atoms with Gasteiger partial charge in [-0.05, 0) is 111 Å². The Hall–Kier alpha value is -2.44. The maximum atomic E-state index is 13.6. The highest BCUT2D eigenvalue weighted by Crippen LogP contribution is 2.49. The summed E-state index contributed by atoms with van der Waals surface area (Å²) in [5.41, 5.74) is 3.38. The number of rotatable bonds is 2. The van der Waals surface area contributed by atoms with E-state index in [0.29, 0.717) is 69.0 Å². The van der Waals surface area contributed by atoms with E-state index in [1.165, 1.54) is 11.1 Å². The predicted molar refractivity (Wildman–Crippen MR) is 195 cm³/mol. The predicted octanol–water partition coefficient (Wildman–Crippen LogP) is 6.12. The number of likely N-dealkylation sites (tertiary alicyclic amines) is 1. The highest BCUT2D eigenvalue weighted by Gasteiger charge is 2.47. The Balaban J connectivity index is 1.13.